The second-order valence-electron chi connectivity index (χ2n) is 5.70. The molecule has 0 aliphatic heterocycles. The highest BCUT2D eigenvalue weighted by atomic mass is 32.2. The fourth-order valence-electron chi connectivity index (χ4n) is 1.64. The minimum Gasteiger partial charge on any atom is -0.313 e. The first-order chi connectivity index (χ1) is 6.89. The third-order valence-electron chi connectivity index (χ3n) is 2.85. The molecule has 2 atom stereocenters. The summed E-state index contributed by atoms with van der Waals surface area (Å²) in [5, 5.41) is 3.46. The Bertz CT molecular complexity index is 218. The van der Waals surface area contributed by atoms with Crippen molar-refractivity contribution in [3.8, 4) is 0 Å². The van der Waals surface area contributed by atoms with Gasteiger partial charge in [0, 0.05) is 33.9 Å². The van der Waals surface area contributed by atoms with E-state index in [1.54, 1.807) is 0 Å². The van der Waals surface area contributed by atoms with Crippen molar-refractivity contribution >= 4 is 10.8 Å². The van der Waals surface area contributed by atoms with Crippen LogP contribution in [-0.4, -0.2) is 27.3 Å². The van der Waals surface area contributed by atoms with Gasteiger partial charge in [0.15, 0.2) is 0 Å². The lowest BCUT2D eigenvalue weighted by molar-refractivity contribution is 0.501. The Morgan fingerprint density at radius 1 is 1.40 bits per heavy atom. The molecule has 1 N–H and O–H groups in total. The van der Waals surface area contributed by atoms with Gasteiger partial charge in [0.1, 0.15) is 0 Å². The number of hydrogen-bond donors (Lipinski definition) is 1. The summed E-state index contributed by atoms with van der Waals surface area (Å²) in [6, 6.07) is 0.592. The minimum atomic E-state index is -0.713. The van der Waals surface area contributed by atoms with Crippen molar-refractivity contribution in [3.63, 3.8) is 0 Å². The first-order valence-electron chi connectivity index (χ1n) is 6.01. The standard InChI is InChI=1S/C12H25NOS/c1-10(9-11-5-6-11)13-7-8-15(14)12(2,3)4/h10-11,13H,5-9H2,1-4H3. The van der Waals surface area contributed by atoms with Crippen molar-refractivity contribution in [3.05, 3.63) is 0 Å². The van der Waals surface area contributed by atoms with Gasteiger partial charge in [0.05, 0.1) is 0 Å². The largest absolute Gasteiger partial charge is 0.313 e. The molecule has 0 aromatic carbocycles. The van der Waals surface area contributed by atoms with Gasteiger partial charge in [-0.15, -0.1) is 0 Å². The highest BCUT2D eigenvalue weighted by Gasteiger charge is 2.23. The highest BCUT2D eigenvalue weighted by Crippen LogP contribution is 2.33. The quantitative estimate of drug-likeness (QED) is 0.760. The van der Waals surface area contributed by atoms with Gasteiger partial charge >= 0.3 is 0 Å². The monoisotopic (exact) mass is 231 g/mol. The van der Waals surface area contributed by atoms with Gasteiger partial charge < -0.3 is 5.32 Å². The predicted octanol–water partition coefficient (Wildman–Crippen LogP) is 2.31. The molecular weight excluding hydrogens is 206 g/mol. The van der Waals surface area contributed by atoms with Crippen LogP contribution in [0.5, 0.6) is 0 Å². The zero-order chi connectivity index (χ0) is 11.5. The Balaban J connectivity index is 2.06. The van der Waals surface area contributed by atoms with Gasteiger partial charge in [0.25, 0.3) is 0 Å². The van der Waals surface area contributed by atoms with Gasteiger partial charge in [-0.1, -0.05) is 12.8 Å². The molecule has 1 fully saturated rings. The van der Waals surface area contributed by atoms with E-state index in [9.17, 15) is 4.21 Å². The van der Waals surface area contributed by atoms with Gasteiger partial charge in [-0.3, -0.25) is 4.21 Å². The molecule has 0 aromatic rings. The number of nitrogens with one attached hydrogen (secondary N) is 1. The Labute approximate surface area is 96.7 Å². The molecular formula is C12H25NOS. The molecule has 3 heteroatoms. The molecule has 0 bridgehead atoms. The zero-order valence-electron chi connectivity index (χ0n) is 10.5. The number of rotatable bonds is 6. The first kappa shape index (κ1) is 13.2. The summed E-state index contributed by atoms with van der Waals surface area (Å²) in [4.78, 5) is 0. The second-order valence-corrected chi connectivity index (χ2v) is 8.02. The van der Waals surface area contributed by atoms with E-state index in [0.29, 0.717) is 6.04 Å². The Morgan fingerprint density at radius 2 is 2.00 bits per heavy atom. The van der Waals surface area contributed by atoms with Crippen LogP contribution in [0.2, 0.25) is 0 Å². The molecule has 1 aliphatic carbocycles. The maximum atomic E-state index is 11.8. The average Bonchev–Trinajstić information content (AvgIpc) is 2.86. The summed E-state index contributed by atoms with van der Waals surface area (Å²) < 4.78 is 11.7. The normalized spacial score (nSPS) is 21.3. The summed E-state index contributed by atoms with van der Waals surface area (Å²) in [6.45, 7) is 9.24. The fourth-order valence-corrected chi connectivity index (χ4v) is 2.56. The Hall–Kier alpha value is 0.110. The van der Waals surface area contributed by atoms with E-state index in [1.165, 1.54) is 19.3 Å². The summed E-state index contributed by atoms with van der Waals surface area (Å²) in [7, 11) is -0.713. The molecule has 0 amide bonds. The maximum absolute atomic E-state index is 11.8. The van der Waals surface area contributed by atoms with Crippen LogP contribution in [-0.2, 0) is 10.8 Å². The van der Waals surface area contributed by atoms with E-state index in [2.05, 4.69) is 12.2 Å². The van der Waals surface area contributed by atoms with Gasteiger partial charge in [-0.25, -0.2) is 0 Å². The van der Waals surface area contributed by atoms with Crippen molar-refractivity contribution in [1.29, 1.82) is 0 Å². The van der Waals surface area contributed by atoms with Crippen molar-refractivity contribution in [2.45, 2.75) is 57.7 Å². The average molecular weight is 231 g/mol. The lowest BCUT2D eigenvalue weighted by Gasteiger charge is -2.19. The molecule has 1 rings (SSSR count). The van der Waals surface area contributed by atoms with Crippen LogP contribution < -0.4 is 5.32 Å². The topological polar surface area (TPSA) is 29.1 Å². The molecule has 1 aliphatic rings. The van der Waals surface area contributed by atoms with Gasteiger partial charge in [0.2, 0.25) is 0 Å². The van der Waals surface area contributed by atoms with E-state index in [1.807, 2.05) is 20.8 Å². The lowest BCUT2D eigenvalue weighted by Crippen LogP contribution is -2.34. The molecule has 0 radical (unpaired) electrons. The van der Waals surface area contributed by atoms with Gasteiger partial charge in [-0.05, 0) is 40.0 Å². The lowest BCUT2D eigenvalue weighted by atomic mass is 10.2. The van der Waals surface area contributed by atoms with E-state index in [-0.39, 0.29) is 4.75 Å². The van der Waals surface area contributed by atoms with Crippen molar-refractivity contribution in [2.24, 2.45) is 5.92 Å². The van der Waals surface area contributed by atoms with E-state index in [0.717, 1.165) is 18.2 Å². The molecule has 0 saturated heterocycles. The molecule has 2 unspecified atom stereocenters. The molecule has 0 aromatic heterocycles. The summed E-state index contributed by atoms with van der Waals surface area (Å²) in [5.41, 5.74) is 0. The molecule has 0 heterocycles. The molecule has 2 nitrogen and oxygen atoms in total. The SMILES string of the molecule is CC(CC1CC1)NCCS(=O)C(C)(C)C. The summed E-state index contributed by atoms with van der Waals surface area (Å²) >= 11 is 0. The zero-order valence-corrected chi connectivity index (χ0v) is 11.3. The summed E-state index contributed by atoms with van der Waals surface area (Å²) in [6.07, 6.45) is 4.13. The van der Waals surface area contributed by atoms with Gasteiger partial charge in [-0.2, -0.15) is 0 Å². The van der Waals surface area contributed by atoms with Crippen LogP contribution in [0.4, 0.5) is 0 Å². The fraction of sp³-hybridized carbons (Fsp3) is 1.00. The number of hydrogen-bond acceptors (Lipinski definition) is 2. The van der Waals surface area contributed by atoms with E-state index >= 15 is 0 Å². The third kappa shape index (κ3) is 5.67. The van der Waals surface area contributed by atoms with Crippen molar-refractivity contribution in [2.75, 3.05) is 12.3 Å². The summed E-state index contributed by atoms with van der Waals surface area (Å²) in [5.74, 6) is 1.75. The minimum absolute atomic E-state index is 0.0680. The van der Waals surface area contributed by atoms with Crippen molar-refractivity contribution in [1.82, 2.24) is 5.32 Å². The van der Waals surface area contributed by atoms with E-state index < -0.39 is 10.8 Å². The smallest absolute Gasteiger partial charge is 0.0375 e. The molecule has 1 saturated carbocycles. The van der Waals surface area contributed by atoms with Crippen molar-refractivity contribution < 1.29 is 4.21 Å². The first-order valence-corrected chi connectivity index (χ1v) is 7.33. The van der Waals surface area contributed by atoms with E-state index in [4.69, 9.17) is 0 Å². The van der Waals surface area contributed by atoms with Crippen LogP contribution in [0.3, 0.4) is 0 Å². The van der Waals surface area contributed by atoms with Crippen LogP contribution in [0.25, 0.3) is 0 Å². The second kappa shape index (κ2) is 5.44. The van der Waals surface area contributed by atoms with Crippen LogP contribution in [0, 0.1) is 5.92 Å². The van der Waals surface area contributed by atoms with Crippen LogP contribution >= 0.6 is 0 Å². The molecule has 90 valence electrons. The van der Waals surface area contributed by atoms with Crippen LogP contribution in [0.1, 0.15) is 47.0 Å². The maximum Gasteiger partial charge on any atom is 0.0375 e. The predicted molar refractivity (Wildman–Crippen MR) is 67.6 cm³/mol. The third-order valence-corrected chi connectivity index (χ3v) is 4.79. The highest BCUT2D eigenvalue weighted by molar-refractivity contribution is 7.86. The molecule has 0 spiro atoms. The molecule has 15 heavy (non-hydrogen) atoms. The van der Waals surface area contributed by atoms with Crippen LogP contribution in [0.15, 0.2) is 0 Å². The Kier molecular flexibility index (Phi) is 4.78. The Morgan fingerprint density at radius 3 is 2.47 bits per heavy atom.